The number of hydrogen-bond donors (Lipinski definition) is 2. The number of furan rings is 1. The second kappa shape index (κ2) is 5.05. The summed E-state index contributed by atoms with van der Waals surface area (Å²) >= 11 is 0. The molecule has 0 amide bonds. The van der Waals surface area contributed by atoms with Crippen LogP contribution in [0.4, 0.5) is 0 Å². The van der Waals surface area contributed by atoms with Crippen molar-refractivity contribution in [3.63, 3.8) is 0 Å². The van der Waals surface area contributed by atoms with Crippen LogP contribution < -0.4 is 5.32 Å². The van der Waals surface area contributed by atoms with Gasteiger partial charge in [-0.15, -0.1) is 0 Å². The number of hydrogen-bond acceptors (Lipinski definition) is 4. The molecule has 2 aromatic heterocycles. The summed E-state index contributed by atoms with van der Waals surface area (Å²) in [5.41, 5.74) is 2.22. The highest BCUT2D eigenvalue weighted by Gasteiger charge is 2.09. The lowest BCUT2D eigenvalue weighted by molar-refractivity contribution is 0.0660. The van der Waals surface area contributed by atoms with Crippen molar-refractivity contribution >= 4 is 5.97 Å². The molecule has 0 aromatic carbocycles. The monoisotopic (exact) mass is 249 g/mol. The Kier molecular flexibility index (Phi) is 3.47. The Morgan fingerprint density at radius 2 is 2.28 bits per heavy atom. The van der Waals surface area contributed by atoms with Gasteiger partial charge < -0.3 is 14.8 Å². The first-order chi connectivity index (χ1) is 8.58. The topological polar surface area (TPSA) is 80.3 Å². The average molecular weight is 249 g/mol. The molecule has 2 rings (SSSR count). The van der Waals surface area contributed by atoms with Crippen molar-refractivity contribution in [3.05, 3.63) is 41.1 Å². The van der Waals surface area contributed by atoms with Crippen molar-refractivity contribution in [2.45, 2.75) is 20.0 Å². The van der Waals surface area contributed by atoms with Crippen LogP contribution in [0.3, 0.4) is 0 Å². The van der Waals surface area contributed by atoms with Gasteiger partial charge in [0.25, 0.3) is 0 Å². The van der Waals surface area contributed by atoms with E-state index >= 15 is 0 Å². The number of aromatic carboxylic acids is 1. The van der Waals surface area contributed by atoms with Crippen LogP contribution >= 0.6 is 0 Å². The fraction of sp³-hybridized carbons (Fsp3) is 0.333. The first kappa shape index (κ1) is 12.4. The summed E-state index contributed by atoms with van der Waals surface area (Å²) in [4.78, 5) is 10.6. The Hall–Kier alpha value is -2.08. The zero-order valence-corrected chi connectivity index (χ0v) is 10.3. The SMILES string of the molecule is Cc1c(CNCc2ccc(C(=O)O)o2)cnn1C. The normalized spacial score (nSPS) is 10.8. The van der Waals surface area contributed by atoms with E-state index in [9.17, 15) is 4.79 Å². The number of carboxylic acids is 1. The van der Waals surface area contributed by atoms with Crippen LogP contribution in [0.15, 0.2) is 22.7 Å². The predicted molar refractivity (Wildman–Crippen MR) is 64.2 cm³/mol. The Balaban J connectivity index is 1.88. The van der Waals surface area contributed by atoms with Gasteiger partial charge in [0, 0.05) is 24.8 Å². The number of carboxylic acid groups (broad SMARTS) is 1. The zero-order chi connectivity index (χ0) is 13.1. The quantitative estimate of drug-likeness (QED) is 0.835. The van der Waals surface area contributed by atoms with E-state index in [0.29, 0.717) is 18.8 Å². The molecule has 0 spiro atoms. The first-order valence-electron chi connectivity index (χ1n) is 5.58. The molecule has 96 valence electrons. The van der Waals surface area contributed by atoms with Gasteiger partial charge in [0.2, 0.25) is 5.76 Å². The van der Waals surface area contributed by atoms with Gasteiger partial charge in [-0.3, -0.25) is 4.68 Å². The molecule has 2 N–H and O–H groups in total. The lowest BCUT2D eigenvalue weighted by Crippen LogP contribution is -2.12. The molecule has 0 bridgehead atoms. The van der Waals surface area contributed by atoms with Gasteiger partial charge in [-0.05, 0) is 19.1 Å². The molecule has 0 saturated carbocycles. The fourth-order valence-electron chi connectivity index (χ4n) is 1.63. The second-order valence-corrected chi connectivity index (χ2v) is 4.05. The van der Waals surface area contributed by atoms with Crippen molar-refractivity contribution in [2.24, 2.45) is 7.05 Å². The second-order valence-electron chi connectivity index (χ2n) is 4.05. The van der Waals surface area contributed by atoms with E-state index in [2.05, 4.69) is 10.4 Å². The van der Waals surface area contributed by atoms with Gasteiger partial charge in [0.05, 0.1) is 12.7 Å². The Morgan fingerprint density at radius 1 is 1.50 bits per heavy atom. The summed E-state index contributed by atoms with van der Waals surface area (Å²) in [5, 5.41) is 16.0. The van der Waals surface area contributed by atoms with Gasteiger partial charge in [-0.2, -0.15) is 5.10 Å². The highest BCUT2D eigenvalue weighted by atomic mass is 16.4. The molecule has 0 aliphatic carbocycles. The largest absolute Gasteiger partial charge is 0.475 e. The van der Waals surface area contributed by atoms with Crippen LogP contribution in [0, 0.1) is 6.92 Å². The Morgan fingerprint density at radius 3 is 2.83 bits per heavy atom. The Bertz CT molecular complexity index is 557. The number of nitrogens with zero attached hydrogens (tertiary/aromatic N) is 2. The summed E-state index contributed by atoms with van der Waals surface area (Å²) in [6, 6.07) is 3.11. The molecule has 2 aromatic rings. The minimum Gasteiger partial charge on any atom is -0.475 e. The molecule has 0 radical (unpaired) electrons. The van der Waals surface area contributed by atoms with E-state index < -0.39 is 5.97 Å². The molecule has 6 heteroatoms. The molecule has 18 heavy (non-hydrogen) atoms. The maximum atomic E-state index is 10.6. The highest BCUT2D eigenvalue weighted by molar-refractivity contribution is 5.84. The molecule has 0 fully saturated rings. The number of rotatable bonds is 5. The van der Waals surface area contributed by atoms with Crippen molar-refractivity contribution in [1.82, 2.24) is 15.1 Å². The van der Waals surface area contributed by atoms with Crippen molar-refractivity contribution in [2.75, 3.05) is 0 Å². The number of carbonyl (C=O) groups is 1. The minimum atomic E-state index is -1.05. The van der Waals surface area contributed by atoms with Crippen LogP contribution in [0.2, 0.25) is 0 Å². The lowest BCUT2D eigenvalue weighted by Gasteiger charge is -2.02. The summed E-state index contributed by atoms with van der Waals surface area (Å²) < 4.78 is 6.95. The van der Waals surface area contributed by atoms with Crippen LogP contribution in [0.1, 0.15) is 27.6 Å². The van der Waals surface area contributed by atoms with E-state index in [0.717, 1.165) is 11.3 Å². The molecule has 0 unspecified atom stereocenters. The Labute approximate surface area is 104 Å². The molecule has 2 heterocycles. The van der Waals surface area contributed by atoms with Gasteiger partial charge in [-0.1, -0.05) is 0 Å². The van der Waals surface area contributed by atoms with Crippen LogP contribution in [-0.2, 0) is 20.1 Å². The number of aromatic nitrogens is 2. The van der Waals surface area contributed by atoms with Crippen molar-refractivity contribution in [1.29, 1.82) is 0 Å². The van der Waals surface area contributed by atoms with E-state index in [-0.39, 0.29) is 5.76 Å². The first-order valence-corrected chi connectivity index (χ1v) is 5.58. The summed E-state index contributed by atoms with van der Waals surface area (Å²) in [6.07, 6.45) is 1.81. The maximum Gasteiger partial charge on any atom is 0.371 e. The summed E-state index contributed by atoms with van der Waals surface area (Å²) in [7, 11) is 1.89. The molecule has 0 atom stereocenters. The molecule has 0 aliphatic rings. The number of aryl methyl sites for hydroxylation is 1. The third-order valence-electron chi connectivity index (χ3n) is 2.82. The molecular weight excluding hydrogens is 234 g/mol. The van der Waals surface area contributed by atoms with Gasteiger partial charge in [0.15, 0.2) is 0 Å². The highest BCUT2D eigenvalue weighted by Crippen LogP contribution is 2.09. The summed E-state index contributed by atoms with van der Waals surface area (Å²) in [5.74, 6) is -0.484. The van der Waals surface area contributed by atoms with Gasteiger partial charge in [-0.25, -0.2) is 4.79 Å². The average Bonchev–Trinajstić information content (AvgIpc) is 2.91. The van der Waals surface area contributed by atoms with E-state index in [1.54, 1.807) is 6.07 Å². The van der Waals surface area contributed by atoms with E-state index in [1.807, 2.05) is 24.9 Å². The van der Waals surface area contributed by atoms with Crippen LogP contribution in [0.5, 0.6) is 0 Å². The van der Waals surface area contributed by atoms with Crippen LogP contribution in [-0.4, -0.2) is 20.9 Å². The van der Waals surface area contributed by atoms with Crippen molar-refractivity contribution < 1.29 is 14.3 Å². The summed E-state index contributed by atoms with van der Waals surface area (Å²) in [6.45, 7) is 3.16. The standard InChI is InChI=1S/C12H15N3O3/c1-8-9(6-14-15(8)2)5-13-7-10-3-4-11(18-10)12(16)17/h3-4,6,13H,5,7H2,1-2H3,(H,16,17). The zero-order valence-electron chi connectivity index (χ0n) is 10.3. The third-order valence-corrected chi connectivity index (χ3v) is 2.82. The molecule has 0 aliphatic heterocycles. The smallest absolute Gasteiger partial charge is 0.371 e. The predicted octanol–water partition coefficient (Wildman–Crippen LogP) is 1.31. The molecular formula is C12H15N3O3. The van der Waals surface area contributed by atoms with Gasteiger partial charge in [0.1, 0.15) is 5.76 Å². The van der Waals surface area contributed by atoms with Gasteiger partial charge >= 0.3 is 5.97 Å². The molecule has 6 nitrogen and oxygen atoms in total. The maximum absolute atomic E-state index is 10.6. The van der Waals surface area contributed by atoms with Crippen molar-refractivity contribution in [3.8, 4) is 0 Å². The third kappa shape index (κ3) is 2.60. The molecule has 0 saturated heterocycles. The fourth-order valence-corrected chi connectivity index (χ4v) is 1.63. The lowest BCUT2D eigenvalue weighted by atomic mass is 10.2. The van der Waals surface area contributed by atoms with E-state index in [4.69, 9.17) is 9.52 Å². The number of nitrogens with one attached hydrogen (secondary N) is 1. The van der Waals surface area contributed by atoms with Crippen LogP contribution in [0.25, 0.3) is 0 Å². The van der Waals surface area contributed by atoms with E-state index in [1.165, 1.54) is 6.07 Å². The minimum absolute atomic E-state index is 0.0376.